The van der Waals surface area contributed by atoms with Gasteiger partial charge in [0.05, 0.1) is 6.61 Å². The number of hydrogen-bond donors (Lipinski definition) is 3. The first-order chi connectivity index (χ1) is 7.40. The number of nitrogens with one attached hydrogen (secondary N) is 1. The number of carboxylic acids is 1. The fourth-order valence-corrected chi connectivity index (χ4v) is 0.998. The molecule has 0 saturated heterocycles. The molecule has 0 amide bonds. The van der Waals surface area contributed by atoms with Crippen molar-refractivity contribution < 1.29 is 24.5 Å². The van der Waals surface area contributed by atoms with E-state index in [1.807, 2.05) is 0 Å². The number of ether oxygens (including phenoxy) is 1. The van der Waals surface area contributed by atoms with Gasteiger partial charge in [-0.05, 0) is 26.8 Å². The predicted octanol–water partition coefficient (Wildman–Crippen LogP) is -0.245. The number of rotatable bonds is 8. The van der Waals surface area contributed by atoms with Crippen LogP contribution in [0, 0.1) is 0 Å². The lowest BCUT2D eigenvalue weighted by molar-refractivity contribution is -0.156. The first-order valence-corrected chi connectivity index (χ1v) is 5.22. The van der Waals surface area contributed by atoms with Gasteiger partial charge in [0.25, 0.3) is 0 Å². The molecule has 0 rings (SSSR count). The molecule has 6 nitrogen and oxygen atoms in total. The molecule has 0 aromatic carbocycles. The second-order valence-corrected chi connectivity index (χ2v) is 3.66. The van der Waals surface area contributed by atoms with E-state index in [0.29, 0.717) is 19.6 Å². The van der Waals surface area contributed by atoms with Crippen LogP contribution in [0.1, 0.15) is 26.7 Å². The summed E-state index contributed by atoms with van der Waals surface area (Å²) in [6.45, 7) is 3.72. The van der Waals surface area contributed by atoms with Crippen LogP contribution >= 0.6 is 0 Å². The lowest BCUT2D eigenvalue weighted by Gasteiger charge is -2.18. The summed E-state index contributed by atoms with van der Waals surface area (Å²) in [5, 5.41) is 20.7. The summed E-state index contributed by atoms with van der Waals surface area (Å²) < 4.78 is 4.72. The Bertz CT molecular complexity index is 239. The van der Waals surface area contributed by atoms with Crippen LogP contribution in [0.15, 0.2) is 0 Å². The van der Waals surface area contributed by atoms with Crippen molar-refractivity contribution in [2.45, 2.75) is 32.3 Å². The normalized spacial score (nSPS) is 14.2. The van der Waals surface area contributed by atoms with Gasteiger partial charge in [-0.25, -0.2) is 4.79 Å². The number of carbonyl (C=O) groups excluding carboxylic acids is 1. The van der Waals surface area contributed by atoms with Crippen LogP contribution < -0.4 is 5.32 Å². The highest BCUT2D eigenvalue weighted by molar-refractivity contribution is 5.76. The zero-order valence-electron chi connectivity index (χ0n) is 9.65. The quantitative estimate of drug-likeness (QED) is 0.395. The molecule has 0 saturated carbocycles. The smallest absolute Gasteiger partial charge is 0.336 e. The number of carbonyl (C=O) groups is 2. The van der Waals surface area contributed by atoms with E-state index < -0.39 is 11.6 Å². The van der Waals surface area contributed by atoms with Gasteiger partial charge >= 0.3 is 11.9 Å². The van der Waals surface area contributed by atoms with Crippen LogP contribution in [0.4, 0.5) is 0 Å². The molecule has 94 valence electrons. The van der Waals surface area contributed by atoms with E-state index in [0.717, 1.165) is 0 Å². The minimum absolute atomic E-state index is 0.0504. The molecular weight excluding hydrogens is 214 g/mol. The molecule has 1 atom stereocenters. The monoisotopic (exact) mass is 233 g/mol. The number of hydrogen-bond acceptors (Lipinski definition) is 5. The number of carboxylic acid groups (broad SMARTS) is 1. The van der Waals surface area contributed by atoms with E-state index in [2.05, 4.69) is 5.32 Å². The molecule has 0 aliphatic rings. The standard InChI is InChI=1S/C10H19NO5/c1-3-16-8(12)5-4-6-11-7-10(2,15)9(13)14/h11,15H,3-7H2,1-2H3,(H,13,14). The zero-order chi connectivity index (χ0) is 12.6. The average Bonchev–Trinajstić information content (AvgIpc) is 2.17. The summed E-state index contributed by atoms with van der Waals surface area (Å²) in [4.78, 5) is 21.4. The second kappa shape index (κ2) is 7.19. The maximum absolute atomic E-state index is 10.9. The molecule has 3 N–H and O–H groups in total. The molecule has 0 radical (unpaired) electrons. The summed E-state index contributed by atoms with van der Waals surface area (Å²) in [5.74, 6) is -1.54. The van der Waals surface area contributed by atoms with Crippen molar-refractivity contribution >= 4 is 11.9 Å². The fourth-order valence-electron chi connectivity index (χ4n) is 0.998. The Morgan fingerprint density at radius 3 is 2.56 bits per heavy atom. The summed E-state index contributed by atoms with van der Waals surface area (Å²) in [5.41, 5.74) is -1.77. The van der Waals surface area contributed by atoms with Crippen LogP contribution in [0.25, 0.3) is 0 Å². The maximum Gasteiger partial charge on any atom is 0.336 e. The van der Waals surface area contributed by atoms with Crippen LogP contribution in [-0.4, -0.2) is 47.4 Å². The van der Waals surface area contributed by atoms with Gasteiger partial charge in [0.15, 0.2) is 5.60 Å². The molecule has 0 fully saturated rings. The van der Waals surface area contributed by atoms with Crippen LogP contribution in [0.3, 0.4) is 0 Å². The first-order valence-electron chi connectivity index (χ1n) is 5.22. The molecule has 16 heavy (non-hydrogen) atoms. The highest BCUT2D eigenvalue weighted by Gasteiger charge is 2.28. The first kappa shape index (κ1) is 14.9. The Balaban J connectivity index is 3.54. The third kappa shape index (κ3) is 6.36. The highest BCUT2D eigenvalue weighted by atomic mass is 16.5. The maximum atomic E-state index is 10.9. The Kier molecular flexibility index (Phi) is 6.67. The second-order valence-electron chi connectivity index (χ2n) is 3.66. The van der Waals surface area contributed by atoms with Crippen molar-refractivity contribution in [2.24, 2.45) is 0 Å². The predicted molar refractivity (Wildman–Crippen MR) is 57.0 cm³/mol. The fraction of sp³-hybridized carbons (Fsp3) is 0.800. The minimum Gasteiger partial charge on any atom is -0.479 e. The van der Waals surface area contributed by atoms with Crippen molar-refractivity contribution in [2.75, 3.05) is 19.7 Å². The van der Waals surface area contributed by atoms with E-state index in [1.165, 1.54) is 6.92 Å². The highest BCUT2D eigenvalue weighted by Crippen LogP contribution is 2.00. The van der Waals surface area contributed by atoms with Gasteiger partial charge in [-0.1, -0.05) is 0 Å². The van der Waals surface area contributed by atoms with Crippen molar-refractivity contribution in [1.29, 1.82) is 0 Å². The average molecular weight is 233 g/mol. The molecule has 0 bridgehead atoms. The lowest BCUT2D eigenvalue weighted by atomic mass is 10.1. The zero-order valence-corrected chi connectivity index (χ0v) is 9.65. The summed E-state index contributed by atoms with van der Waals surface area (Å²) in [7, 11) is 0. The molecule has 0 heterocycles. The third-order valence-electron chi connectivity index (χ3n) is 1.97. The molecular formula is C10H19NO5. The molecule has 0 aromatic rings. The summed E-state index contributed by atoms with van der Waals surface area (Å²) in [6, 6.07) is 0. The molecule has 1 unspecified atom stereocenters. The van der Waals surface area contributed by atoms with E-state index in [4.69, 9.17) is 9.84 Å². The van der Waals surface area contributed by atoms with Gasteiger partial charge in [0, 0.05) is 13.0 Å². The van der Waals surface area contributed by atoms with Crippen LogP contribution in [0.5, 0.6) is 0 Å². The minimum atomic E-state index is -1.77. The van der Waals surface area contributed by atoms with Crippen LogP contribution in [0.2, 0.25) is 0 Å². The number of aliphatic hydroxyl groups is 1. The summed E-state index contributed by atoms with van der Waals surface area (Å²) in [6.07, 6.45) is 0.838. The number of aliphatic carboxylic acids is 1. The molecule has 0 spiro atoms. The van der Waals surface area contributed by atoms with Gasteiger partial charge < -0.3 is 20.3 Å². The van der Waals surface area contributed by atoms with Crippen molar-refractivity contribution in [1.82, 2.24) is 5.32 Å². The SMILES string of the molecule is CCOC(=O)CCCNCC(C)(O)C(=O)O. The molecule has 0 aliphatic carbocycles. The van der Waals surface area contributed by atoms with Gasteiger partial charge in [-0.3, -0.25) is 4.79 Å². The van der Waals surface area contributed by atoms with Crippen LogP contribution in [-0.2, 0) is 14.3 Å². The van der Waals surface area contributed by atoms with E-state index >= 15 is 0 Å². The third-order valence-corrected chi connectivity index (χ3v) is 1.97. The largest absolute Gasteiger partial charge is 0.479 e. The molecule has 0 aliphatic heterocycles. The van der Waals surface area contributed by atoms with Gasteiger partial charge in [-0.15, -0.1) is 0 Å². The van der Waals surface area contributed by atoms with E-state index in [-0.39, 0.29) is 18.9 Å². The molecule has 6 heteroatoms. The van der Waals surface area contributed by atoms with Crippen molar-refractivity contribution in [3.05, 3.63) is 0 Å². The van der Waals surface area contributed by atoms with Gasteiger partial charge in [-0.2, -0.15) is 0 Å². The Morgan fingerprint density at radius 2 is 2.06 bits per heavy atom. The molecule has 0 aromatic heterocycles. The van der Waals surface area contributed by atoms with Crippen molar-refractivity contribution in [3.63, 3.8) is 0 Å². The van der Waals surface area contributed by atoms with Crippen molar-refractivity contribution in [3.8, 4) is 0 Å². The Morgan fingerprint density at radius 1 is 1.44 bits per heavy atom. The van der Waals surface area contributed by atoms with Gasteiger partial charge in [0.2, 0.25) is 0 Å². The van der Waals surface area contributed by atoms with E-state index in [1.54, 1.807) is 6.92 Å². The number of esters is 1. The van der Waals surface area contributed by atoms with E-state index in [9.17, 15) is 14.7 Å². The lowest BCUT2D eigenvalue weighted by Crippen LogP contribution is -2.45. The Labute approximate surface area is 94.6 Å². The van der Waals surface area contributed by atoms with Gasteiger partial charge in [0.1, 0.15) is 0 Å². The topological polar surface area (TPSA) is 95.9 Å². The Hall–Kier alpha value is -1.14. The summed E-state index contributed by atoms with van der Waals surface area (Å²) >= 11 is 0.